The second-order valence-electron chi connectivity index (χ2n) is 11.0. The first kappa shape index (κ1) is 19.0. The van der Waals surface area contributed by atoms with E-state index in [4.69, 9.17) is 0 Å². The molecule has 0 aliphatic heterocycles. The van der Waals surface area contributed by atoms with Crippen LogP contribution in [0.25, 0.3) is 0 Å². The minimum absolute atomic E-state index is 0.319. The maximum Gasteiger partial charge on any atom is 0.137 e. The van der Waals surface area contributed by atoms with Gasteiger partial charge in [-0.3, -0.25) is 4.79 Å². The lowest BCUT2D eigenvalue weighted by Crippen LogP contribution is -2.49. The van der Waals surface area contributed by atoms with E-state index in [2.05, 4.69) is 32.8 Å². The highest BCUT2D eigenvalue weighted by molar-refractivity contribution is 5.82. The summed E-state index contributed by atoms with van der Waals surface area (Å²) in [7, 11) is 4.17. The molecular formula is C24H41NO. The molecule has 4 saturated carbocycles. The third-order valence-corrected chi connectivity index (χ3v) is 9.41. The van der Waals surface area contributed by atoms with E-state index in [1.165, 1.54) is 57.8 Å². The summed E-state index contributed by atoms with van der Waals surface area (Å²) in [5.41, 5.74) is 0.319. The SMILES string of the molecule is C[C@H]1CC[C@@H]2C3CC[C@@]4(C)C(CC[C@@H]4C(=O)CCN(C)C)[C@@H]3CC[C@@H]2C1. The van der Waals surface area contributed by atoms with Crippen molar-refractivity contribution in [3.05, 3.63) is 0 Å². The normalized spacial score (nSPS) is 48.0. The van der Waals surface area contributed by atoms with Gasteiger partial charge in [0.2, 0.25) is 0 Å². The number of carbonyl (C=O) groups is 1. The lowest BCUT2D eigenvalue weighted by Gasteiger charge is -2.56. The van der Waals surface area contributed by atoms with Crippen LogP contribution in [0.4, 0.5) is 0 Å². The lowest BCUT2D eigenvalue weighted by molar-refractivity contribution is -0.130. The highest BCUT2D eigenvalue weighted by atomic mass is 16.1. The zero-order chi connectivity index (χ0) is 18.5. The Morgan fingerprint density at radius 3 is 2.50 bits per heavy atom. The molecule has 26 heavy (non-hydrogen) atoms. The van der Waals surface area contributed by atoms with E-state index in [-0.39, 0.29) is 0 Å². The second-order valence-corrected chi connectivity index (χ2v) is 11.0. The molecule has 0 amide bonds. The molecule has 0 aromatic heterocycles. The molecule has 0 N–H and O–H groups in total. The quantitative estimate of drug-likeness (QED) is 0.668. The van der Waals surface area contributed by atoms with Crippen molar-refractivity contribution in [1.82, 2.24) is 4.90 Å². The van der Waals surface area contributed by atoms with Crippen LogP contribution < -0.4 is 0 Å². The van der Waals surface area contributed by atoms with Crippen molar-refractivity contribution in [2.75, 3.05) is 20.6 Å². The van der Waals surface area contributed by atoms with Crippen molar-refractivity contribution in [3.8, 4) is 0 Å². The summed E-state index contributed by atoms with van der Waals surface area (Å²) in [4.78, 5) is 15.2. The highest BCUT2D eigenvalue weighted by Gasteiger charge is 2.58. The van der Waals surface area contributed by atoms with E-state index in [0.29, 0.717) is 17.1 Å². The Morgan fingerprint density at radius 2 is 1.73 bits per heavy atom. The van der Waals surface area contributed by atoms with E-state index in [0.717, 1.165) is 48.5 Å². The van der Waals surface area contributed by atoms with Crippen LogP contribution in [0.3, 0.4) is 0 Å². The third-order valence-electron chi connectivity index (χ3n) is 9.41. The monoisotopic (exact) mass is 359 g/mol. The molecular weight excluding hydrogens is 318 g/mol. The zero-order valence-corrected chi connectivity index (χ0v) is 17.7. The van der Waals surface area contributed by atoms with Gasteiger partial charge in [-0.15, -0.1) is 0 Å². The Hall–Kier alpha value is -0.370. The molecule has 2 nitrogen and oxygen atoms in total. The van der Waals surface area contributed by atoms with Crippen LogP contribution >= 0.6 is 0 Å². The van der Waals surface area contributed by atoms with Crippen molar-refractivity contribution < 1.29 is 4.79 Å². The minimum Gasteiger partial charge on any atom is -0.309 e. The van der Waals surface area contributed by atoms with Gasteiger partial charge in [0.05, 0.1) is 0 Å². The summed E-state index contributed by atoms with van der Waals surface area (Å²) in [5, 5.41) is 0. The molecule has 8 atom stereocenters. The molecule has 0 saturated heterocycles. The number of hydrogen-bond acceptors (Lipinski definition) is 2. The van der Waals surface area contributed by atoms with Gasteiger partial charge in [0.1, 0.15) is 5.78 Å². The maximum absolute atomic E-state index is 13.0. The van der Waals surface area contributed by atoms with Gasteiger partial charge in [0.25, 0.3) is 0 Å². The Labute approximate surface area is 161 Å². The predicted molar refractivity (Wildman–Crippen MR) is 108 cm³/mol. The van der Waals surface area contributed by atoms with Crippen LogP contribution in [0.1, 0.15) is 78.1 Å². The molecule has 4 fully saturated rings. The molecule has 0 bridgehead atoms. The summed E-state index contributed by atoms with van der Waals surface area (Å²) in [6.07, 6.45) is 13.5. The van der Waals surface area contributed by atoms with E-state index < -0.39 is 0 Å². The van der Waals surface area contributed by atoms with Crippen LogP contribution in [-0.4, -0.2) is 31.3 Å². The van der Waals surface area contributed by atoms with Crippen molar-refractivity contribution in [1.29, 1.82) is 0 Å². The number of fused-ring (bicyclic) bond motifs is 5. The summed E-state index contributed by atoms with van der Waals surface area (Å²) < 4.78 is 0. The predicted octanol–water partition coefficient (Wildman–Crippen LogP) is 5.41. The largest absolute Gasteiger partial charge is 0.309 e. The smallest absolute Gasteiger partial charge is 0.137 e. The van der Waals surface area contributed by atoms with Gasteiger partial charge in [-0.25, -0.2) is 0 Å². The van der Waals surface area contributed by atoms with Gasteiger partial charge in [0.15, 0.2) is 0 Å². The molecule has 4 rings (SSSR count). The minimum atomic E-state index is 0.319. The molecule has 0 aromatic rings. The summed E-state index contributed by atoms with van der Waals surface area (Å²) in [6, 6.07) is 0. The fourth-order valence-electron chi connectivity index (χ4n) is 8.12. The van der Waals surface area contributed by atoms with Crippen molar-refractivity contribution in [2.24, 2.45) is 46.8 Å². The molecule has 148 valence electrons. The van der Waals surface area contributed by atoms with Crippen LogP contribution in [0.5, 0.6) is 0 Å². The summed E-state index contributed by atoms with van der Waals surface area (Å²) in [6.45, 7) is 5.90. The number of nitrogens with zero attached hydrogens (tertiary/aromatic N) is 1. The molecule has 4 aliphatic rings. The summed E-state index contributed by atoms with van der Waals surface area (Å²) >= 11 is 0. The molecule has 0 heterocycles. The van der Waals surface area contributed by atoms with E-state index in [1.54, 1.807) is 0 Å². The average molecular weight is 360 g/mol. The number of hydrogen-bond donors (Lipinski definition) is 0. The lowest BCUT2D eigenvalue weighted by atomic mass is 9.49. The van der Waals surface area contributed by atoms with E-state index >= 15 is 0 Å². The average Bonchev–Trinajstić information content (AvgIpc) is 2.96. The standard InChI is InChI=1S/C24H41NO/c1-16-5-7-18-17(15-16)6-8-20-19(18)11-13-24(2)21(20)9-10-22(24)23(26)12-14-25(3)4/h16-22H,5-15H2,1-4H3/t16-,17+,18-,19?,20+,21?,22+,24-/m0/s1. The second kappa shape index (κ2) is 7.22. The fraction of sp³-hybridized carbons (Fsp3) is 0.958. The highest BCUT2D eigenvalue weighted by Crippen LogP contribution is 2.64. The van der Waals surface area contributed by atoms with Crippen LogP contribution in [0.15, 0.2) is 0 Å². The topological polar surface area (TPSA) is 20.3 Å². The van der Waals surface area contributed by atoms with Gasteiger partial charge >= 0.3 is 0 Å². The maximum atomic E-state index is 13.0. The molecule has 0 radical (unpaired) electrons. The molecule has 4 aliphatic carbocycles. The van der Waals surface area contributed by atoms with Gasteiger partial charge in [-0.1, -0.05) is 20.3 Å². The Morgan fingerprint density at radius 1 is 0.962 bits per heavy atom. The number of rotatable bonds is 4. The van der Waals surface area contributed by atoms with Crippen molar-refractivity contribution >= 4 is 5.78 Å². The van der Waals surface area contributed by atoms with Crippen molar-refractivity contribution in [3.63, 3.8) is 0 Å². The fourth-order valence-corrected chi connectivity index (χ4v) is 8.12. The Bertz CT molecular complexity index is 528. The zero-order valence-electron chi connectivity index (χ0n) is 17.7. The van der Waals surface area contributed by atoms with Crippen LogP contribution in [-0.2, 0) is 4.79 Å². The molecule has 0 spiro atoms. The Kier molecular flexibility index (Phi) is 5.27. The van der Waals surface area contributed by atoms with Crippen molar-refractivity contribution in [2.45, 2.75) is 78.1 Å². The van der Waals surface area contributed by atoms with Gasteiger partial charge in [-0.2, -0.15) is 0 Å². The Balaban J connectivity index is 1.47. The number of Topliss-reactive ketones (excluding diaryl/α,β-unsaturated/α-hetero) is 1. The summed E-state index contributed by atoms with van der Waals surface area (Å²) in [5.74, 6) is 6.73. The van der Waals surface area contributed by atoms with E-state index in [1.807, 2.05) is 0 Å². The molecule has 2 heteroatoms. The van der Waals surface area contributed by atoms with Crippen LogP contribution in [0.2, 0.25) is 0 Å². The van der Waals surface area contributed by atoms with Crippen LogP contribution in [0, 0.1) is 46.8 Å². The number of carbonyl (C=O) groups excluding carboxylic acids is 1. The molecule has 0 aromatic carbocycles. The first-order valence-corrected chi connectivity index (χ1v) is 11.6. The first-order valence-electron chi connectivity index (χ1n) is 11.6. The van der Waals surface area contributed by atoms with Gasteiger partial charge < -0.3 is 4.90 Å². The van der Waals surface area contributed by atoms with E-state index in [9.17, 15) is 4.79 Å². The first-order chi connectivity index (χ1) is 12.4. The van der Waals surface area contributed by atoms with Gasteiger partial charge in [-0.05, 0) is 106 Å². The molecule has 2 unspecified atom stereocenters. The third kappa shape index (κ3) is 3.19. The number of ketones is 1. The van der Waals surface area contributed by atoms with Gasteiger partial charge in [0, 0.05) is 18.9 Å².